The minimum Gasteiger partial charge on any atom is -0.326 e. The van der Waals surface area contributed by atoms with E-state index >= 15 is 0 Å². The van der Waals surface area contributed by atoms with Crippen molar-refractivity contribution < 1.29 is 0 Å². The summed E-state index contributed by atoms with van der Waals surface area (Å²) in [4.78, 5) is 5.27. The number of thioether (sulfide) groups is 1. The smallest absolute Gasteiger partial charge is 0.0407 e. The molecule has 1 heterocycles. The highest BCUT2D eigenvalue weighted by atomic mass is 35.5. The molecule has 0 fully saturated rings. The van der Waals surface area contributed by atoms with E-state index in [1.165, 1.54) is 5.56 Å². The average Bonchev–Trinajstić information content (AvgIpc) is 2.38. The number of aromatic nitrogens is 1. The summed E-state index contributed by atoms with van der Waals surface area (Å²) in [5, 5.41) is 0.766. The topological polar surface area (TPSA) is 38.9 Å². The van der Waals surface area contributed by atoms with E-state index in [9.17, 15) is 0 Å². The number of benzene rings is 1. The van der Waals surface area contributed by atoms with Crippen molar-refractivity contribution in [3.05, 3.63) is 58.9 Å². The van der Waals surface area contributed by atoms with Crippen LogP contribution in [0.4, 0.5) is 0 Å². The second-order valence-corrected chi connectivity index (χ2v) is 5.06. The molecule has 0 aliphatic carbocycles. The Kier molecular flexibility index (Phi) is 4.42. The van der Waals surface area contributed by atoms with Gasteiger partial charge in [0, 0.05) is 34.6 Å². The van der Waals surface area contributed by atoms with Crippen LogP contribution < -0.4 is 5.73 Å². The third-order valence-electron chi connectivity index (χ3n) is 2.40. The van der Waals surface area contributed by atoms with Gasteiger partial charge in [-0.25, -0.2) is 0 Å². The molecule has 2 N–H and O–H groups in total. The monoisotopic (exact) mass is 264 g/mol. The van der Waals surface area contributed by atoms with Crippen LogP contribution in [0.25, 0.3) is 0 Å². The number of hydrogen-bond donors (Lipinski definition) is 1. The summed E-state index contributed by atoms with van der Waals surface area (Å²) >= 11 is 7.59. The van der Waals surface area contributed by atoms with Crippen LogP contribution in [-0.2, 0) is 12.3 Å². The largest absolute Gasteiger partial charge is 0.326 e. The lowest BCUT2D eigenvalue weighted by Gasteiger charge is -2.06. The van der Waals surface area contributed by atoms with Gasteiger partial charge in [-0.05, 0) is 29.3 Å². The van der Waals surface area contributed by atoms with Gasteiger partial charge >= 0.3 is 0 Å². The molecular weight excluding hydrogens is 252 g/mol. The van der Waals surface area contributed by atoms with Crippen molar-refractivity contribution in [2.75, 3.05) is 0 Å². The molecule has 88 valence electrons. The first-order valence-electron chi connectivity index (χ1n) is 5.30. The second kappa shape index (κ2) is 6.05. The first-order chi connectivity index (χ1) is 8.29. The Morgan fingerprint density at radius 2 is 1.94 bits per heavy atom. The van der Waals surface area contributed by atoms with Crippen LogP contribution >= 0.6 is 23.4 Å². The molecule has 0 aliphatic heterocycles. The van der Waals surface area contributed by atoms with Gasteiger partial charge in [0.05, 0.1) is 0 Å². The van der Waals surface area contributed by atoms with E-state index in [4.69, 9.17) is 17.3 Å². The molecule has 0 radical (unpaired) electrons. The first-order valence-corrected chi connectivity index (χ1v) is 6.66. The zero-order valence-corrected chi connectivity index (χ0v) is 10.8. The van der Waals surface area contributed by atoms with Crippen LogP contribution in [0.1, 0.15) is 11.1 Å². The van der Waals surface area contributed by atoms with Gasteiger partial charge in [-0.2, -0.15) is 0 Å². The van der Waals surface area contributed by atoms with Crippen molar-refractivity contribution in [1.29, 1.82) is 0 Å². The van der Waals surface area contributed by atoms with E-state index < -0.39 is 0 Å². The Balaban J connectivity index is 2.04. The quantitative estimate of drug-likeness (QED) is 0.860. The van der Waals surface area contributed by atoms with Gasteiger partial charge in [-0.15, -0.1) is 11.8 Å². The Hall–Kier alpha value is -1.03. The molecule has 0 aliphatic rings. The lowest BCUT2D eigenvalue weighted by molar-refractivity contribution is 1.00. The molecule has 2 rings (SSSR count). The Morgan fingerprint density at radius 3 is 2.65 bits per heavy atom. The lowest BCUT2D eigenvalue weighted by Crippen LogP contribution is -1.98. The molecule has 17 heavy (non-hydrogen) atoms. The Bertz CT molecular complexity index is 485. The Labute approximate surface area is 110 Å². The van der Waals surface area contributed by atoms with Crippen molar-refractivity contribution in [2.45, 2.75) is 17.2 Å². The fourth-order valence-corrected chi connectivity index (χ4v) is 2.56. The molecule has 0 unspecified atom stereocenters. The third-order valence-corrected chi connectivity index (χ3v) is 3.81. The van der Waals surface area contributed by atoms with Crippen LogP contribution in [0.3, 0.4) is 0 Å². The van der Waals surface area contributed by atoms with Gasteiger partial charge < -0.3 is 5.73 Å². The highest BCUT2D eigenvalue weighted by molar-refractivity contribution is 7.98. The van der Waals surface area contributed by atoms with E-state index in [1.54, 1.807) is 18.0 Å². The van der Waals surface area contributed by atoms with Crippen LogP contribution in [0.2, 0.25) is 5.02 Å². The van der Waals surface area contributed by atoms with Crippen molar-refractivity contribution in [3.8, 4) is 0 Å². The summed E-state index contributed by atoms with van der Waals surface area (Å²) in [6.45, 7) is 0.547. The molecule has 1 aromatic heterocycles. The lowest BCUT2D eigenvalue weighted by atomic mass is 10.2. The minimum atomic E-state index is 0.547. The molecule has 0 saturated heterocycles. The molecule has 2 aromatic rings. The van der Waals surface area contributed by atoms with Gasteiger partial charge in [0.2, 0.25) is 0 Å². The summed E-state index contributed by atoms with van der Waals surface area (Å²) in [6.07, 6.45) is 3.64. The van der Waals surface area contributed by atoms with Crippen LogP contribution in [0.15, 0.2) is 47.6 Å². The maximum absolute atomic E-state index is 5.84. The molecular formula is C13H13ClN2S. The van der Waals surface area contributed by atoms with E-state index in [0.717, 1.165) is 21.2 Å². The summed E-state index contributed by atoms with van der Waals surface area (Å²) in [5.41, 5.74) is 8.06. The standard InChI is InChI=1S/C13H13ClN2S/c14-12-3-1-10(2-4-12)9-17-13-8-16-6-5-11(13)7-15/h1-6,8H,7,9,15H2. The molecule has 0 atom stereocenters. The van der Waals surface area contributed by atoms with Crippen LogP contribution in [0.5, 0.6) is 0 Å². The van der Waals surface area contributed by atoms with Gasteiger partial charge in [0.15, 0.2) is 0 Å². The maximum Gasteiger partial charge on any atom is 0.0407 e. The molecule has 0 bridgehead atoms. The normalized spacial score (nSPS) is 10.5. The van der Waals surface area contributed by atoms with E-state index in [0.29, 0.717) is 6.54 Å². The minimum absolute atomic E-state index is 0.547. The number of pyridine rings is 1. The number of rotatable bonds is 4. The van der Waals surface area contributed by atoms with Crippen molar-refractivity contribution in [3.63, 3.8) is 0 Å². The number of hydrogen-bond acceptors (Lipinski definition) is 3. The highest BCUT2D eigenvalue weighted by Gasteiger charge is 2.02. The van der Waals surface area contributed by atoms with Crippen molar-refractivity contribution in [1.82, 2.24) is 4.98 Å². The zero-order chi connectivity index (χ0) is 12.1. The van der Waals surface area contributed by atoms with E-state index in [2.05, 4.69) is 4.98 Å². The second-order valence-electron chi connectivity index (χ2n) is 3.60. The molecule has 0 spiro atoms. The van der Waals surface area contributed by atoms with Crippen molar-refractivity contribution >= 4 is 23.4 Å². The zero-order valence-electron chi connectivity index (χ0n) is 9.27. The number of nitrogens with two attached hydrogens (primary N) is 1. The molecule has 1 aromatic carbocycles. The maximum atomic E-state index is 5.84. The predicted molar refractivity (Wildman–Crippen MR) is 73.1 cm³/mol. The van der Waals surface area contributed by atoms with Gasteiger partial charge in [0.25, 0.3) is 0 Å². The van der Waals surface area contributed by atoms with Gasteiger partial charge in [0.1, 0.15) is 0 Å². The summed E-state index contributed by atoms with van der Waals surface area (Å²) in [5.74, 6) is 0.899. The molecule has 4 heteroatoms. The average molecular weight is 265 g/mol. The fourth-order valence-electron chi connectivity index (χ4n) is 1.45. The third kappa shape index (κ3) is 3.46. The Morgan fingerprint density at radius 1 is 1.18 bits per heavy atom. The molecule has 0 saturated carbocycles. The SMILES string of the molecule is NCc1ccncc1SCc1ccc(Cl)cc1. The summed E-state index contributed by atoms with van der Waals surface area (Å²) < 4.78 is 0. The molecule has 2 nitrogen and oxygen atoms in total. The van der Waals surface area contributed by atoms with E-state index in [-0.39, 0.29) is 0 Å². The predicted octanol–water partition coefficient (Wildman–Crippen LogP) is 3.49. The number of nitrogens with zero attached hydrogens (tertiary/aromatic N) is 1. The fraction of sp³-hybridized carbons (Fsp3) is 0.154. The summed E-state index contributed by atoms with van der Waals surface area (Å²) in [6, 6.07) is 9.85. The first kappa shape index (κ1) is 12.4. The van der Waals surface area contributed by atoms with Crippen LogP contribution in [-0.4, -0.2) is 4.98 Å². The summed E-state index contributed by atoms with van der Waals surface area (Å²) in [7, 11) is 0. The van der Waals surface area contributed by atoms with E-state index in [1.807, 2.05) is 36.5 Å². The van der Waals surface area contributed by atoms with Crippen molar-refractivity contribution in [2.24, 2.45) is 5.73 Å². The highest BCUT2D eigenvalue weighted by Crippen LogP contribution is 2.25. The number of halogens is 1. The van der Waals surface area contributed by atoms with Gasteiger partial charge in [-0.1, -0.05) is 23.7 Å². The van der Waals surface area contributed by atoms with Gasteiger partial charge in [-0.3, -0.25) is 4.98 Å². The van der Waals surface area contributed by atoms with Crippen LogP contribution in [0, 0.1) is 0 Å². The molecule has 0 amide bonds.